The van der Waals surface area contributed by atoms with Crippen LogP contribution in [0.2, 0.25) is 0 Å². The highest BCUT2D eigenvalue weighted by atomic mass is 16.4. The summed E-state index contributed by atoms with van der Waals surface area (Å²) in [7, 11) is 1.59. The number of hydrogen-bond donors (Lipinski definition) is 3. The molecular weight excluding hydrogens is 308 g/mol. The van der Waals surface area contributed by atoms with Crippen molar-refractivity contribution in [1.82, 2.24) is 5.32 Å². The van der Waals surface area contributed by atoms with Crippen molar-refractivity contribution in [1.29, 1.82) is 0 Å². The number of aryl methyl sites for hydroxylation is 1. The normalized spacial score (nSPS) is 10.0. The Balaban J connectivity index is 2.05. The maximum atomic E-state index is 12.3. The summed E-state index contributed by atoms with van der Waals surface area (Å²) in [5.74, 6) is -1.66. The van der Waals surface area contributed by atoms with E-state index in [1.807, 2.05) is 12.1 Å². The molecule has 0 spiro atoms. The molecule has 6 heteroatoms. The van der Waals surface area contributed by atoms with E-state index in [-0.39, 0.29) is 17.0 Å². The number of amides is 2. The monoisotopic (exact) mass is 326 g/mol. The van der Waals surface area contributed by atoms with E-state index < -0.39 is 11.9 Å². The van der Waals surface area contributed by atoms with Crippen molar-refractivity contribution in [2.45, 2.75) is 12.8 Å². The minimum atomic E-state index is -1.15. The quantitative estimate of drug-likeness (QED) is 0.759. The van der Waals surface area contributed by atoms with E-state index in [0.717, 1.165) is 5.56 Å². The first-order chi connectivity index (χ1) is 11.5. The molecule has 2 rings (SSSR count). The van der Waals surface area contributed by atoms with Gasteiger partial charge in [-0.25, -0.2) is 4.79 Å². The van der Waals surface area contributed by atoms with Gasteiger partial charge in [0, 0.05) is 19.2 Å². The van der Waals surface area contributed by atoms with Crippen LogP contribution in [0, 0.1) is 0 Å². The van der Waals surface area contributed by atoms with Gasteiger partial charge in [-0.3, -0.25) is 9.59 Å². The van der Waals surface area contributed by atoms with Gasteiger partial charge in [-0.05, 0) is 36.2 Å². The molecule has 0 aliphatic heterocycles. The third-order valence-corrected chi connectivity index (χ3v) is 3.53. The Hall–Kier alpha value is -3.15. The number of carboxylic acid groups (broad SMARTS) is 1. The lowest BCUT2D eigenvalue weighted by Gasteiger charge is -2.08. The van der Waals surface area contributed by atoms with E-state index in [0.29, 0.717) is 18.5 Å². The molecule has 0 aromatic heterocycles. The molecule has 124 valence electrons. The fourth-order valence-corrected chi connectivity index (χ4v) is 2.20. The molecule has 0 heterocycles. The molecule has 0 unspecified atom stereocenters. The molecule has 2 aromatic carbocycles. The minimum absolute atomic E-state index is 0.0299. The van der Waals surface area contributed by atoms with Crippen LogP contribution >= 0.6 is 0 Å². The van der Waals surface area contributed by atoms with E-state index in [1.165, 1.54) is 12.1 Å². The SMILES string of the molecule is CNC(=O)CCc1ccc(NC(=O)c2ccccc2C(=O)O)cc1. The van der Waals surface area contributed by atoms with Gasteiger partial charge in [0.05, 0.1) is 11.1 Å². The molecule has 0 saturated carbocycles. The molecule has 0 radical (unpaired) electrons. The van der Waals surface area contributed by atoms with Crippen molar-refractivity contribution in [3.8, 4) is 0 Å². The van der Waals surface area contributed by atoms with Crippen LogP contribution in [0.4, 0.5) is 5.69 Å². The Kier molecular flexibility index (Phi) is 5.68. The first kappa shape index (κ1) is 17.2. The van der Waals surface area contributed by atoms with Crippen LogP contribution < -0.4 is 10.6 Å². The van der Waals surface area contributed by atoms with Gasteiger partial charge in [0.1, 0.15) is 0 Å². The molecule has 6 nitrogen and oxygen atoms in total. The summed E-state index contributed by atoms with van der Waals surface area (Å²) in [5, 5.41) is 14.4. The zero-order chi connectivity index (χ0) is 17.5. The number of anilines is 1. The molecule has 24 heavy (non-hydrogen) atoms. The van der Waals surface area contributed by atoms with Crippen LogP contribution in [0.1, 0.15) is 32.7 Å². The molecular formula is C18H18N2O4. The predicted octanol–water partition coefficient (Wildman–Crippen LogP) is 2.32. The summed E-state index contributed by atoms with van der Waals surface area (Å²) < 4.78 is 0. The number of carbonyl (C=O) groups is 3. The maximum absolute atomic E-state index is 12.3. The smallest absolute Gasteiger partial charge is 0.336 e. The van der Waals surface area contributed by atoms with Crippen LogP contribution in [0.25, 0.3) is 0 Å². The van der Waals surface area contributed by atoms with Gasteiger partial charge in [0.2, 0.25) is 5.91 Å². The lowest BCUT2D eigenvalue weighted by Crippen LogP contribution is -2.18. The molecule has 0 aliphatic rings. The van der Waals surface area contributed by atoms with Crippen LogP contribution in [-0.2, 0) is 11.2 Å². The van der Waals surface area contributed by atoms with Crippen molar-refractivity contribution in [3.63, 3.8) is 0 Å². The van der Waals surface area contributed by atoms with Crippen molar-refractivity contribution in [2.24, 2.45) is 0 Å². The van der Waals surface area contributed by atoms with Gasteiger partial charge < -0.3 is 15.7 Å². The van der Waals surface area contributed by atoms with E-state index in [4.69, 9.17) is 5.11 Å². The van der Waals surface area contributed by atoms with Gasteiger partial charge in [-0.2, -0.15) is 0 Å². The fourth-order valence-electron chi connectivity index (χ4n) is 2.20. The van der Waals surface area contributed by atoms with E-state index in [1.54, 1.807) is 31.3 Å². The number of aromatic carboxylic acids is 1. The van der Waals surface area contributed by atoms with Crippen LogP contribution in [-0.4, -0.2) is 29.9 Å². The first-order valence-electron chi connectivity index (χ1n) is 7.44. The summed E-state index contributed by atoms with van der Waals surface area (Å²) in [6.07, 6.45) is 1.00. The Labute approximate surface area is 139 Å². The number of carbonyl (C=O) groups excluding carboxylic acids is 2. The van der Waals surface area contributed by atoms with Crippen LogP contribution in [0.5, 0.6) is 0 Å². The lowest BCUT2D eigenvalue weighted by molar-refractivity contribution is -0.120. The predicted molar refractivity (Wildman–Crippen MR) is 90.2 cm³/mol. The minimum Gasteiger partial charge on any atom is -0.478 e. The van der Waals surface area contributed by atoms with E-state index >= 15 is 0 Å². The highest BCUT2D eigenvalue weighted by Gasteiger charge is 2.15. The standard InChI is InChI=1S/C18H18N2O4/c1-19-16(21)11-8-12-6-9-13(10-7-12)20-17(22)14-4-2-3-5-15(14)18(23)24/h2-7,9-10H,8,11H2,1H3,(H,19,21)(H,20,22)(H,23,24). The molecule has 2 amide bonds. The van der Waals surface area contributed by atoms with E-state index in [9.17, 15) is 14.4 Å². The second kappa shape index (κ2) is 7.92. The number of nitrogens with one attached hydrogen (secondary N) is 2. The third kappa shape index (κ3) is 4.42. The van der Waals surface area contributed by atoms with Crippen LogP contribution in [0.15, 0.2) is 48.5 Å². The maximum Gasteiger partial charge on any atom is 0.336 e. The summed E-state index contributed by atoms with van der Waals surface area (Å²) in [6.45, 7) is 0. The summed E-state index contributed by atoms with van der Waals surface area (Å²) in [5.41, 5.74) is 1.59. The number of benzene rings is 2. The molecule has 0 fully saturated rings. The molecule has 0 bridgehead atoms. The van der Waals surface area contributed by atoms with Crippen molar-refractivity contribution in [3.05, 3.63) is 65.2 Å². The highest BCUT2D eigenvalue weighted by Crippen LogP contribution is 2.15. The first-order valence-corrected chi connectivity index (χ1v) is 7.44. The Morgan fingerprint density at radius 3 is 2.17 bits per heavy atom. The summed E-state index contributed by atoms with van der Waals surface area (Å²) >= 11 is 0. The summed E-state index contributed by atoms with van der Waals surface area (Å²) in [4.78, 5) is 34.6. The molecule has 0 aliphatic carbocycles. The Morgan fingerprint density at radius 1 is 0.958 bits per heavy atom. The second-order valence-corrected chi connectivity index (χ2v) is 5.17. The third-order valence-electron chi connectivity index (χ3n) is 3.53. The Morgan fingerprint density at radius 2 is 1.58 bits per heavy atom. The van der Waals surface area contributed by atoms with Gasteiger partial charge in [0.15, 0.2) is 0 Å². The van der Waals surface area contributed by atoms with Gasteiger partial charge in [0.25, 0.3) is 5.91 Å². The van der Waals surface area contributed by atoms with E-state index in [2.05, 4.69) is 10.6 Å². The highest BCUT2D eigenvalue weighted by molar-refractivity contribution is 6.10. The largest absolute Gasteiger partial charge is 0.478 e. The molecule has 0 saturated heterocycles. The molecule has 0 atom stereocenters. The zero-order valence-electron chi connectivity index (χ0n) is 13.2. The topological polar surface area (TPSA) is 95.5 Å². The fraction of sp³-hybridized carbons (Fsp3) is 0.167. The van der Waals surface area contributed by atoms with Gasteiger partial charge in [-0.15, -0.1) is 0 Å². The molecule has 3 N–H and O–H groups in total. The summed E-state index contributed by atoms with van der Waals surface area (Å²) in [6, 6.07) is 13.1. The zero-order valence-corrected chi connectivity index (χ0v) is 13.2. The second-order valence-electron chi connectivity index (χ2n) is 5.17. The van der Waals surface area contributed by atoms with Crippen molar-refractivity contribution in [2.75, 3.05) is 12.4 Å². The van der Waals surface area contributed by atoms with Crippen molar-refractivity contribution < 1.29 is 19.5 Å². The lowest BCUT2D eigenvalue weighted by atomic mass is 10.1. The average molecular weight is 326 g/mol. The number of hydrogen-bond acceptors (Lipinski definition) is 3. The number of rotatable bonds is 6. The van der Waals surface area contributed by atoms with Gasteiger partial charge in [-0.1, -0.05) is 24.3 Å². The average Bonchev–Trinajstić information content (AvgIpc) is 2.60. The molecule has 2 aromatic rings. The van der Waals surface area contributed by atoms with Crippen LogP contribution in [0.3, 0.4) is 0 Å². The Bertz CT molecular complexity index is 754. The van der Waals surface area contributed by atoms with Gasteiger partial charge >= 0.3 is 5.97 Å². The number of carboxylic acids is 1. The van der Waals surface area contributed by atoms with Crippen molar-refractivity contribution >= 4 is 23.5 Å².